The predicted molar refractivity (Wildman–Crippen MR) is 58.9 cm³/mol. The molecule has 5 nitrogen and oxygen atoms in total. The van der Waals surface area contributed by atoms with E-state index in [4.69, 9.17) is 16.7 Å². The zero-order chi connectivity index (χ0) is 11.5. The van der Waals surface area contributed by atoms with Crippen molar-refractivity contribution in [3.8, 4) is 0 Å². The number of nitrogens with one attached hydrogen (secondary N) is 1. The summed E-state index contributed by atoms with van der Waals surface area (Å²) < 4.78 is 0. The summed E-state index contributed by atoms with van der Waals surface area (Å²) in [5, 5.41) is 19.9. The smallest absolute Gasteiger partial charge is 0.243 e. The minimum Gasteiger partial charge on any atom is -0.396 e. The van der Waals surface area contributed by atoms with Gasteiger partial charge in [-0.15, -0.1) is 10.2 Å². The first-order valence-electron chi connectivity index (χ1n) is 4.66. The van der Waals surface area contributed by atoms with Gasteiger partial charge in [-0.05, 0) is 6.92 Å². The average Bonchev–Trinajstić information content (AvgIpc) is 2.20. The highest BCUT2D eigenvalue weighted by molar-refractivity contribution is 6.29. The van der Waals surface area contributed by atoms with Gasteiger partial charge >= 0.3 is 0 Å². The van der Waals surface area contributed by atoms with Gasteiger partial charge in [0.2, 0.25) is 5.95 Å². The quantitative estimate of drug-likeness (QED) is 0.815. The maximum Gasteiger partial charge on any atom is 0.243 e. The molecule has 1 aromatic rings. The van der Waals surface area contributed by atoms with Gasteiger partial charge in [0, 0.05) is 18.6 Å². The lowest BCUT2D eigenvalue weighted by atomic mass is 9.95. The maximum absolute atomic E-state index is 9.05. The van der Waals surface area contributed by atoms with E-state index in [1.807, 2.05) is 13.8 Å². The fraction of sp³-hybridized carbons (Fsp3) is 0.667. The van der Waals surface area contributed by atoms with E-state index >= 15 is 0 Å². The summed E-state index contributed by atoms with van der Waals surface area (Å²) >= 11 is 5.69. The van der Waals surface area contributed by atoms with Crippen LogP contribution in [0, 0.1) is 12.3 Å². The van der Waals surface area contributed by atoms with Gasteiger partial charge in [0.05, 0.1) is 5.69 Å². The molecule has 0 atom stereocenters. The molecule has 0 spiro atoms. The standard InChI is InChI=1S/C9H15ClN4O/c1-6-7(10)13-14-8(12-6)11-4-9(2,3)5-15/h15H,4-5H2,1-3H3,(H,11,12,14). The average molecular weight is 231 g/mol. The molecule has 0 aliphatic heterocycles. The van der Waals surface area contributed by atoms with Crippen LogP contribution in [-0.4, -0.2) is 33.4 Å². The zero-order valence-electron chi connectivity index (χ0n) is 9.08. The highest BCUT2D eigenvalue weighted by Gasteiger charge is 2.16. The molecule has 0 amide bonds. The third-order valence-electron chi connectivity index (χ3n) is 1.96. The van der Waals surface area contributed by atoms with E-state index in [0.717, 1.165) is 0 Å². The van der Waals surface area contributed by atoms with E-state index in [2.05, 4.69) is 20.5 Å². The topological polar surface area (TPSA) is 70.9 Å². The Morgan fingerprint density at radius 1 is 1.40 bits per heavy atom. The molecule has 1 rings (SSSR count). The summed E-state index contributed by atoms with van der Waals surface area (Å²) in [5.41, 5.74) is 0.424. The highest BCUT2D eigenvalue weighted by Crippen LogP contribution is 2.14. The zero-order valence-corrected chi connectivity index (χ0v) is 9.84. The molecule has 0 radical (unpaired) electrons. The van der Waals surface area contributed by atoms with Crippen molar-refractivity contribution < 1.29 is 5.11 Å². The molecule has 0 bridgehead atoms. The number of anilines is 1. The van der Waals surface area contributed by atoms with E-state index < -0.39 is 0 Å². The number of halogens is 1. The van der Waals surface area contributed by atoms with Crippen molar-refractivity contribution >= 4 is 17.5 Å². The van der Waals surface area contributed by atoms with Gasteiger partial charge in [-0.3, -0.25) is 0 Å². The number of aliphatic hydroxyl groups is 1. The van der Waals surface area contributed by atoms with E-state index in [1.54, 1.807) is 6.92 Å². The van der Waals surface area contributed by atoms with Crippen LogP contribution >= 0.6 is 11.6 Å². The Hall–Kier alpha value is -0.940. The normalized spacial score (nSPS) is 11.5. The number of nitrogens with zero attached hydrogens (tertiary/aromatic N) is 3. The lowest BCUT2D eigenvalue weighted by Crippen LogP contribution is -2.27. The van der Waals surface area contributed by atoms with Crippen molar-refractivity contribution in [2.24, 2.45) is 5.41 Å². The SMILES string of the molecule is Cc1nc(NCC(C)(C)CO)nnc1Cl. The van der Waals surface area contributed by atoms with E-state index in [-0.39, 0.29) is 12.0 Å². The second-order valence-electron chi connectivity index (χ2n) is 4.19. The maximum atomic E-state index is 9.05. The molecule has 0 aromatic carbocycles. The van der Waals surface area contributed by atoms with Crippen LogP contribution in [-0.2, 0) is 0 Å². The van der Waals surface area contributed by atoms with E-state index in [1.165, 1.54) is 0 Å². The lowest BCUT2D eigenvalue weighted by Gasteiger charge is -2.21. The van der Waals surface area contributed by atoms with Crippen LogP contribution in [0.2, 0.25) is 5.15 Å². The van der Waals surface area contributed by atoms with Crippen LogP contribution in [0.4, 0.5) is 5.95 Å². The first-order valence-corrected chi connectivity index (χ1v) is 5.04. The largest absolute Gasteiger partial charge is 0.396 e. The summed E-state index contributed by atoms with van der Waals surface area (Å²) in [6.07, 6.45) is 0. The van der Waals surface area contributed by atoms with Gasteiger partial charge in [-0.1, -0.05) is 25.4 Å². The lowest BCUT2D eigenvalue weighted by molar-refractivity contribution is 0.170. The Labute approximate surface area is 93.9 Å². The number of aryl methyl sites for hydroxylation is 1. The van der Waals surface area contributed by atoms with Crippen LogP contribution in [0.5, 0.6) is 0 Å². The van der Waals surface area contributed by atoms with Crippen molar-refractivity contribution in [2.45, 2.75) is 20.8 Å². The van der Waals surface area contributed by atoms with Crippen LogP contribution in [0.1, 0.15) is 19.5 Å². The number of hydrogen-bond acceptors (Lipinski definition) is 5. The third-order valence-corrected chi connectivity index (χ3v) is 2.31. The Morgan fingerprint density at radius 3 is 2.60 bits per heavy atom. The third kappa shape index (κ3) is 3.60. The molecule has 1 heterocycles. The van der Waals surface area contributed by atoms with Crippen LogP contribution < -0.4 is 5.32 Å². The monoisotopic (exact) mass is 230 g/mol. The molecule has 0 unspecified atom stereocenters. The van der Waals surface area contributed by atoms with Crippen molar-refractivity contribution in [1.29, 1.82) is 0 Å². The van der Waals surface area contributed by atoms with Crippen LogP contribution in [0.25, 0.3) is 0 Å². The van der Waals surface area contributed by atoms with Gasteiger partial charge in [0.15, 0.2) is 5.15 Å². The molecule has 0 saturated heterocycles. The molecule has 0 aliphatic rings. The Morgan fingerprint density at radius 2 is 2.07 bits per heavy atom. The fourth-order valence-electron chi connectivity index (χ4n) is 0.840. The Bertz CT molecular complexity index is 343. The van der Waals surface area contributed by atoms with Crippen LogP contribution in [0.15, 0.2) is 0 Å². The van der Waals surface area contributed by atoms with Gasteiger partial charge in [-0.25, -0.2) is 4.98 Å². The summed E-state index contributed by atoms with van der Waals surface area (Å²) in [6.45, 7) is 6.32. The Kier molecular flexibility index (Phi) is 3.82. The van der Waals surface area contributed by atoms with Gasteiger partial charge in [-0.2, -0.15) is 0 Å². The predicted octanol–water partition coefficient (Wildman–Crippen LogP) is 1.26. The molecule has 0 aliphatic carbocycles. The fourth-order valence-corrected chi connectivity index (χ4v) is 0.920. The van der Waals surface area contributed by atoms with E-state index in [0.29, 0.717) is 23.3 Å². The molecule has 1 aromatic heterocycles. The van der Waals surface area contributed by atoms with E-state index in [9.17, 15) is 0 Å². The first-order chi connectivity index (χ1) is 6.94. The molecule has 0 saturated carbocycles. The summed E-state index contributed by atoms with van der Waals surface area (Å²) in [6, 6.07) is 0. The molecule has 15 heavy (non-hydrogen) atoms. The highest BCUT2D eigenvalue weighted by atomic mass is 35.5. The minimum absolute atomic E-state index is 0.0972. The molecule has 84 valence electrons. The van der Waals surface area contributed by atoms with Crippen molar-refractivity contribution in [3.05, 3.63) is 10.8 Å². The summed E-state index contributed by atoms with van der Waals surface area (Å²) in [4.78, 5) is 4.11. The number of aliphatic hydroxyl groups excluding tert-OH is 1. The van der Waals surface area contributed by atoms with Gasteiger partial charge in [0.25, 0.3) is 0 Å². The first kappa shape index (κ1) is 12.1. The Balaban J connectivity index is 2.62. The minimum atomic E-state index is -0.211. The van der Waals surface area contributed by atoms with Crippen molar-refractivity contribution in [1.82, 2.24) is 15.2 Å². The van der Waals surface area contributed by atoms with Crippen LogP contribution in [0.3, 0.4) is 0 Å². The van der Waals surface area contributed by atoms with Gasteiger partial charge < -0.3 is 10.4 Å². The van der Waals surface area contributed by atoms with Crippen molar-refractivity contribution in [3.63, 3.8) is 0 Å². The second kappa shape index (κ2) is 4.72. The summed E-state index contributed by atoms with van der Waals surface area (Å²) in [5.74, 6) is 0.429. The number of hydrogen-bond donors (Lipinski definition) is 2. The molecular weight excluding hydrogens is 216 g/mol. The van der Waals surface area contributed by atoms with Crippen molar-refractivity contribution in [2.75, 3.05) is 18.5 Å². The van der Waals surface area contributed by atoms with Gasteiger partial charge in [0.1, 0.15) is 0 Å². The molecule has 6 heteroatoms. The second-order valence-corrected chi connectivity index (χ2v) is 4.55. The number of aromatic nitrogens is 3. The molecule has 2 N–H and O–H groups in total. The molecular formula is C9H15ClN4O. The molecule has 0 fully saturated rings. The summed E-state index contributed by atoms with van der Waals surface area (Å²) in [7, 11) is 0. The number of rotatable bonds is 4.